The van der Waals surface area contributed by atoms with Crippen molar-refractivity contribution in [1.82, 2.24) is 9.62 Å². The summed E-state index contributed by atoms with van der Waals surface area (Å²) in [6.07, 6.45) is 3.88. The molecule has 0 saturated carbocycles. The van der Waals surface area contributed by atoms with Gasteiger partial charge in [0.1, 0.15) is 11.4 Å². The van der Waals surface area contributed by atoms with E-state index in [9.17, 15) is 23.4 Å². The van der Waals surface area contributed by atoms with E-state index in [1.807, 2.05) is 33.9 Å². The molecule has 2 aliphatic rings. The lowest BCUT2D eigenvalue weighted by molar-refractivity contribution is -0.131. The number of nitrogens with zero attached hydrogens (tertiary/aromatic N) is 2. The van der Waals surface area contributed by atoms with E-state index in [4.69, 9.17) is 0 Å². The lowest BCUT2D eigenvalue weighted by Crippen LogP contribution is -2.38. The van der Waals surface area contributed by atoms with E-state index in [2.05, 4.69) is 6.92 Å². The van der Waals surface area contributed by atoms with Gasteiger partial charge in [0.25, 0.3) is 0 Å². The van der Waals surface area contributed by atoms with Crippen molar-refractivity contribution >= 4 is 21.8 Å². The SMILES string of the molecule is CC1CCN(C(=O)Cc2ccccc2Cc2ccc(N3C=C(O)NS3(=O)=O)c(O)c2)CC1. The largest absolute Gasteiger partial charge is 0.506 e. The highest BCUT2D eigenvalue weighted by atomic mass is 32.2. The van der Waals surface area contributed by atoms with Crippen LogP contribution in [0, 0.1) is 5.92 Å². The number of aromatic hydroxyl groups is 1. The van der Waals surface area contributed by atoms with Crippen LogP contribution >= 0.6 is 0 Å². The molecule has 9 heteroatoms. The average molecular weight is 458 g/mol. The highest BCUT2D eigenvalue weighted by Gasteiger charge is 2.30. The van der Waals surface area contributed by atoms with Crippen LogP contribution < -0.4 is 9.03 Å². The minimum Gasteiger partial charge on any atom is -0.506 e. The molecule has 0 aromatic heterocycles. The summed E-state index contributed by atoms with van der Waals surface area (Å²) in [6.45, 7) is 3.82. The summed E-state index contributed by atoms with van der Waals surface area (Å²) in [5.41, 5.74) is 2.73. The number of nitrogens with one attached hydrogen (secondary N) is 1. The Labute approximate surface area is 188 Å². The Balaban J connectivity index is 1.50. The number of phenolic OH excluding ortho intramolecular Hbond substituents is 1. The van der Waals surface area contributed by atoms with E-state index < -0.39 is 16.1 Å². The zero-order chi connectivity index (χ0) is 22.9. The Morgan fingerprint density at radius 3 is 2.41 bits per heavy atom. The molecule has 1 saturated heterocycles. The number of hydrogen-bond acceptors (Lipinski definition) is 5. The minimum atomic E-state index is -3.98. The average Bonchev–Trinajstić information content (AvgIpc) is 3.01. The molecule has 0 aliphatic carbocycles. The molecule has 0 unspecified atom stereocenters. The predicted octanol–water partition coefficient (Wildman–Crippen LogP) is 2.80. The maximum absolute atomic E-state index is 12.8. The molecule has 2 aromatic rings. The van der Waals surface area contributed by atoms with Crippen molar-refractivity contribution in [3.63, 3.8) is 0 Å². The zero-order valence-electron chi connectivity index (χ0n) is 17.9. The molecule has 1 fully saturated rings. The third-order valence-electron chi connectivity index (χ3n) is 6.00. The molecule has 8 nitrogen and oxygen atoms in total. The van der Waals surface area contributed by atoms with Gasteiger partial charge in [-0.15, -0.1) is 0 Å². The van der Waals surface area contributed by atoms with Gasteiger partial charge in [0, 0.05) is 13.1 Å². The monoisotopic (exact) mass is 457 g/mol. The van der Waals surface area contributed by atoms with Crippen LogP contribution in [0.3, 0.4) is 0 Å². The van der Waals surface area contributed by atoms with Crippen molar-refractivity contribution in [3.05, 3.63) is 71.2 Å². The second kappa shape index (κ2) is 8.74. The Bertz CT molecular complexity index is 1150. The number of hydrogen-bond donors (Lipinski definition) is 3. The Kier molecular flexibility index (Phi) is 6.01. The van der Waals surface area contributed by atoms with Gasteiger partial charge in [-0.3, -0.25) is 4.79 Å². The number of carbonyl (C=O) groups is 1. The van der Waals surface area contributed by atoms with E-state index in [1.54, 1.807) is 6.07 Å². The van der Waals surface area contributed by atoms with E-state index >= 15 is 0 Å². The molecular formula is C23H27N3O5S. The van der Waals surface area contributed by atoms with Crippen molar-refractivity contribution in [2.75, 3.05) is 17.4 Å². The van der Waals surface area contributed by atoms with Gasteiger partial charge in [-0.05, 0) is 54.0 Å². The number of likely N-dealkylation sites (tertiary alicyclic amines) is 1. The van der Waals surface area contributed by atoms with Crippen LogP contribution in [0.2, 0.25) is 0 Å². The number of anilines is 1. The number of benzene rings is 2. The highest BCUT2D eigenvalue weighted by molar-refractivity contribution is 7.91. The fourth-order valence-electron chi connectivity index (χ4n) is 4.11. The summed E-state index contributed by atoms with van der Waals surface area (Å²) in [4.78, 5) is 14.7. The summed E-state index contributed by atoms with van der Waals surface area (Å²) >= 11 is 0. The predicted molar refractivity (Wildman–Crippen MR) is 121 cm³/mol. The minimum absolute atomic E-state index is 0.0353. The van der Waals surface area contributed by atoms with Crippen molar-refractivity contribution in [3.8, 4) is 5.75 Å². The summed E-state index contributed by atoms with van der Waals surface area (Å²) < 4.78 is 26.8. The van der Waals surface area contributed by atoms with Crippen molar-refractivity contribution in [2.45, 2.75) is 32.6 Å². The second-order valence-electron chi connectivity index (χ2n) is 8.43. The molecule has 170 valence electrons. The van der Waals surface area contributed by atoms with Gasteiger partial charge in [0.15, 0.2) is 0 Å². The van der Waals surface area contributed by atoms with E-state index in [1.165, 1.54) is 12.1 Å². The number of amides is 1. The van der Waals surface area contributed by atoms with Gasteiger partial charge in [-0.2, -0.15) is 8.42 Å². The van der Waals surface area contributed by atoms with Gasteiger partial charge in [0.05, 0.1) is 12.6 Å². The van der Waals surface area contributed by atoms with Crippen molar-refractivity contribution < 1.29 is 23.4 Å². The maximum atomic E-state index is 12.8. The molecular weight excluding hydrogens is 430 g/mol. The fraction of sp³-hybridized carbons (Fsp3) is 0.348. The van der Waals surface area contributed by atoms with Crippen LogP contribution in [-0.4, -0.2) is 42.5 Å². The van der Waals surface area contributed by atoms with Gasteiger partial charge in [-0.1, -0.05) is 37.3 Å². The van der Waals surface area contributed by atoms with E-state index in [0.717, 1.165) is 53.1 Å². The van der Waals surface area contributed by atoms with Crippen LogP contribution in [0.5, 0.6) is 5.75 Å². The second-order valence-corrected chi connectivity index (χ2v) is 9.97. The molecule has 32 heavy (non-hydrogen) atoms. The summed E-state index contributed by atoms with van der Waals surface area (Å²) in [7, 11) is -3.98. The van der Waals surface area contributed by atoms with Gasteiger partial charge in [0.2, 0.25) is 11.8 Å². The van der Waals surface area contributed by atoms with Gasteiger partial charge >= 0.3 is 10.2 Å². The Morgan fingerprint density at radius 2 is 1.78 bits per heavy atom. The molecule has 4 rings (SSSR count). The molecule has 0 bridgehead atoms. The molecule has 3 N–H and O–H groups in total. The van der Waals surface area contributed by atoms with Gasteiger partial charge in [-0.25, -0.2) is 9.03 Å². The van der Waals surface area contributed by atoms with E-state index in [-0.39, 0.29) is 17.3 Å². The lowest BCUT2D eigenvalue weighted by Gasteiger charge is -2.30. The normalized spacial score (nSPS) is 18.3. The van der Waals surface area contributed by atoms with Crippen molar-refractivity contribution in [2.24, 2.45) is 5.92 Å². The van der Waals surface area contributed by atoms with Crippen LogP contribution in [-0.2, 0) is 27.8 Å². The Morgan fingerprint density at radius 1 is 1.09 bits per heavy atom. The zero-order valence-corrected chi connectivity index (χ0v) is 18.7. The number of piperidine rings is 1. The molecule has 0 spiro atoms. The molecule has 1 amide bonds. The molecule has 2 aromatic carbocycles. The summed E-state index contributed by atoms with van der Waals surface area (Å²) in [6, 6.07) is 12.4. The third kappa shape index (κ3) is 4.67. The summed E-state index contributed by atoms with van der Waals surface area (Å²) in [5, 5.41) is 19.9. The number of phenols is 1. The van der Waals surface area contributed by atoms with Crippen LogP contribution in [0.25, 0.3) is 0 Å². The first-order valence-electron chi connectivity index (χ1n) is 10.6. The molecule has 0 atom stereocenters. The lowest BCUT2D eigenvalue weighted by atomic mass is 9.95. The highest BCUT2D eigenvalue weighted by Crippen LogP contribution is 2.33. The van der Waals surface area contributed by atoms with Crippen molar-refractivity contribution in [1.29, 1.82) is 0 Å². The first kappa shape index (κ1) is 22.0. The Hall–Kier alpha value is -3.20. The van der Waals surface area contributed by atoms with Crippen LogP contribution in [0.4, 0.5) is 5.69 Å². The third-order valence-corrected chi connectivity index (χ3v) is 7.29. The smallest absolute Gasteiger partial charge is 0.330 e. The number of rotatable bonds is 5. The topological polar surface area (TPSA) is 110 Å². The molecule has 2 heterocycles. The first-order valence-corrected chi connectivity index (χ1v) is 12.1. The number of carbonyl (C=O) groups excluding carboxylic acids is 1. The first-order chi connectivity index (χ1) is 15.2. The number of aliphatic hydroxyl groups excluding tert-OH is 1. The van der Waals surface area contributed by atoms with Crippen LogP contribution in [0.15, 0.2) is 54.5 Å². The van der Waals surface area contributed by atoms with Crippen LogP contribution in [0.1, 0.15) is 36.5 Å². The number of aliphatic hydroxyl groups is 1. The molecule has 0 radical (unpaired) electrons. The maximum Gasteiger partial charge on any atom is 0.330 e. The fourth-order valence-corrected chi connectivity index (χ4v) is 5.17. The van der Waals surface area contributed by atoms with E-state index in [0.29, 0.717) is 18.8 Å². The quantitative estimate of drug-likeness (QED) is 0.640. The van der Waals surface area contributed by atoms with Gasteiger partial charge < -0.3 is 15.1 Å². The summed E-state index contributed by atoms with van der Waals surface area (Å²) in [5.74, 6) is 0.0405. The standard InChI is InChI=1S/C23H27N3O5S/c1-16-8-10-25(11-9-16)23(29)14-19-5-3-2-4-18(19)12-17-6-7-20(21(27)13-17)26-15-22(28)24-32(26,30)31/h2-7,13,15-16,24,27-28H,8-12,14H2,1H3. The molecule has 2 aliphatic heterocycles.